The van der Waals surface area contributed by atoms with Gasteiger partial charge in [0, 0.05) is 24.2 Å². The van der Waals surface area contributed by atoms with Crippen LogP contribution >= 0.6 is 0 Å². The van der Waals surface area contributed by atoms with Crippen LogP contribution in [0.1, 0.15) is 47.9 Å². The number of ketones is 2. The second-order valence-corrected chi connectivity index (χ2v) is 6.03. The lowest BCUT2D eigenvalue weighted by Crippen LogP contribution is -2.53. The van der Waals surface area contributed by atoms with Gasteiger partial charge < -0.3 is 4.74 Å². The molecular weight excluding hydrogens is 316 g/mol. The van der Waals surface area contributed by atoms with Crippen LogP contribution in [0.5, 0.6) is 0 Å². The maximum absolute atomic E-state index is 12.9. The predicted octanol–water partition coefficient (Wildman–Crippen LogP) is 4.06. The van der Waals surface area contributed by atoms with Gasteiger partial charge >= 0.3 is 0 Å². The third-order valence-corrected chi connectivity index (χ3v) is 4.44. The third kappa shape index (κ3) is 2.81. The molecule has 3 rings (SSSR count). The molecule has 0 aromatic heterocycles. The Hall–Kier alpha value is -2.66. The summed E-state index contributed by atoms with van der Waals surface area (Å²) in [7, 11) is 0. The van der Waals surface area contributed by atoms with E-state index in [0.717, 1.165) is 5.69 Å². The average Bonchev–Trinajstić information content (AvgIpc) is 2.84. The molecule has 0 saturated carbocycles. The Balaban J connectivity index is 2.06. The Kier molecular flexibility index (Phi) is 4.59. The lowest BCUT2D eigenvalue weighted by molar-refractivity contribution is -0.00442. The van der Waals surface area contributed by atoms with Crippen LogP contribution < -0.4 is 10.4 Å². The zero-order chi connectivity index (χ0) is 18.0. The van der Waals surface area contributed by atoms with Crippen molar-refractivity contribution in [3.8, 4) is 0 Å². The second kappa shape index (κ2) is 6.69. The van der Waals surface area contributed by atoms with E-state index in [1.807, 2.05) is 50.2 Å². The summed E-state index contributed by atoms with van der Waals surface area (Å²) < 4.78 is 5.83. The predicted molar refractivity (Wildman–Crippen MR) is 98.0 cm³/mol. The van der Waals surface area contributed by atoms with Crippen molar-refractivity contribution in [1.29, 1.82) is 0 Å². The van der Waals surface area contributed by atoms with Gasteiger partial charge in [-0.05, 0) is 38.1 Å². The van der Waals surface area contributed by atoms with Crippen LogP contribution in [0.2, 0.25) is 0 Å². The monoisotopic (exact) mass is 338 g/mol. The van der Waals surface area contributed by atoms with Crippen molar-refractivity contribution >= 4 is 22.9 Å². The molecule has 0 saturated heterocycles. The van der Waals surface area contributed by atoms with E-state index in [-0.39, 0.29) is 11.6 Å². The summed E-state index contributed by atoms with van der Waals surface area (Å²) in [5.74, 6) is -0.0585. The van der Waals surface area contributed by atoms with Gasteiger partial charge in [-0.25, -0.2) is 5.01 Å². The van der Waals surface area contributed by atoms with Crippen molar-refractivity contribution < 1.29 is 14.3 Å². The summed E-state index contributed by atoms with van der Waals surface area (Å²) in [6, 6.07) is 14.7. The third-order valence-electron chi connectivity index (χ3n) is 4.44. The molecule has 1 aliphatic heterocycles. The SMILES string of the molecule is CCO[C@]1(C)C(=O)c2ccccc2N1Nc1ccccc1C(=O)CC. The fourth-order valence-corrected chi connectivity index (χ4v) is 3.15. The van der Waals surface area contributed by atoms with E-state index >= 15 is 0 Å². The number of rotatable bonds is 6. The van der Waals surface area contributed by atoms with Crippen molar-refractivity contribution in [2.45, 2.75) is 32.9 Å². The summed E-state index contributed by atoms with van der Waals surface area (Å²) in [5.41, 5.74) is 4.68. The lowest BCUT2D eigenvalue weighted by atomic mass is 10.1. The molecule has 0 spiro atoms. The van der Waals surface area contributed by atoms with Gasteiger partial charge in [0.1, 0.15) is 0 Å². The molecule has 5 nitrogen and oxygen atoms in total. The van der Waals surface area contributed by atoms with Gasteiger partial charge in [-0.1, -0.05) is 31.2 Å². The van der Waals surface area contributed by atoms with Crippen LogP contribution in [0, 0.1) is 0 Å². The number of fused-ring (bicyclic) bond motifs is 1. The first-order valence-corrected chi connectivity index (χ1v) is 8.49. The lowest BCUT2D eigenvalue weighted by Gasteiger charge is -2.36. The van der Waals surface area contributed by atoms with E-state index in [1.165, 1.54) is 0 Å². The summed E-state index contributed by atoms with van der Waals surface area (Å²) >= 11 is 0. The first-order valence-electron chi connectivity index (χ1n) is 8.49. The molecule has 1 atom stereocenters. The number of ether oxygens (including phenoxy) is 1. The zero-order valence-electron chi connectivity index (χ0n) is 14.7. The Morgan fingerprint density at radius 3 is 2.52 bits per heavy atom. The van der Waals surface area contributed by atoms with Gasteiger partial charge in [0.15, 0.2) is 5.78 Å². The zero-order valence-corrected chi connectivity index (χ0v) is 14.7. The van der Waals surface area contributed by atoms with Gasteiger partial charge in [-0.2, -0.15) is 0 Å². The summed E-state index contributed by atoms with van der Waals surface area (Å²) in [6.45, 7) is 5.83. The largest absolute Gasteiger partial charge is 0.347 e. The molecule has 1 heterocycles. The quantitative estimate of drug-likeness (QED) is 0.805. The number of hydrogen-bond donors (Lipinski definition) is 1. The Morgan fingerprint density at radius 2 is 1.80 bits per heavy atom. The van der Waals surface area contributed by atoms with Gasteiger partial charge in [0.25, 0.3) is 0 Å². The molecule has 25 heavy (non-hydrogen) atoms. The number of hydrogen-bond acceptors (Lipinski definition) is 5. The number of carbonyl (C=O) groups excluding carboxylic acids is 2. The number of nitrogens with zero attached hydrogens (tertiary/aromatic N) is 1. The summed E-state index contributed by atoms with van der Waals surface area (Å²) in [4.78, 5) is 25.2. The number of nitrogens with one attached hydrogen (secondary N) is 1. The van der Waals surface area contributed by atoms with E-state index in [4.69, 9.17) is 4.74 Å². The summed E-state index contributed by atoms with van der Waals surface area (Å²) in [5, 5.41) is 1.72. The van der Waals surface area contributed by atoms with Gasteiger partial charge in [-0.3, -0.25) is 15.0 Å². The maximum Gasteiger partial charge on any atom is 0.220 e. The van der Waals surface area contributed by atoms with Gasteiger partial charge in [0.05, 0.1) is 11.4 Å². The van der Waals surface area contributed by atoms with Crippen LogP contribution in [0.4, 0.5) is 11.4 Å². The molecular formula is C20H22N2O3. The van der Waals surface area contributed by atoms with Crippen LogP contribution in [0.15, 0.2) is 48.5 Å². The molecule has 130 valence electrons. The molecule has 2 aromatic rings. The topological polar surface area (TPSA) is 58.6 Å². The molecule has 0 bridgehead atoms. The van der Waals surface area contributed by atoms with Crippen molar-refractivity contribution in [1.82, 2.24) is 0 Å². The fraction of sp³-hybridized carbons (Fsp3) is 0.300. The first-order chi connectivity index (χ1) is 12.0. The highest BCUT2D eigenvalue weighted by molar-refractivity contribution is 6.13. The second-order valence-electron chi connectivity index (χ2n) is 6.03. The Bertz CT molecular complexity index is 818. The number of hydrazine groups is 1. The molecule has 1 N–H and O–H groups in total. The minimum atomic E-state index is -1.17. The van der Waals surface area contributed by atoms with Crippen molar-refractivity contribution in [3.05, 3.63) is 59.7 Å². The molecule has 5 heteroatoms. The highest BCUT2D eigenvalue weighted by atomic mass is 16.5. The Morgan fingerprint density at radius 1 is 1.12 bits per heavy atom. The maximum atomic E-state index is 12.9. The number of carbonyl (C=O) groups is 2. The summed E-state index contributed by atoms with van der Waals surface area (Å²) in [6.07, 6.45) is 0.414. The van der Waals surface area contributed by atoms with Crippen LogP contribution in [0.3, 0.4) is 0 Å². The number of Topliss-reactive ketones (excluding diaryl/α,β-unsaturated/α-hetero) is 2. The Labute approximate surface area is 147 Å². The first kappa shape index (κ1) is 17.2. The van der Waals surface area contributed by atoms with Crippen LogP contribution in [-0.2, 0) is 4.74 Å². The minimum absolute atomic E-state index is 0.0417. The molecule has 0 unspecified atom stereocenters. The number of benzene rings is 2. The van der Waals surface area contributed by atoms with Crippen molar-refractivity contribution in [3.63, 3.8) is 0 Å². The van der Waals surface area contributed by atoms with E-state index in [9.17, 15) is 9.59 Å². The normalized spacial score (nSPS) is 19.0. The number of para-hydroxylation sites is 2. The van der Waals surface area contributed by atoms with Crippen molar-refractivity contribution in [2.75, 3.05) is 17.0 Å². The highest BCUT2D eigenvalue weighted by Gasteiger charge is 2.49. The highest BCUT2D eigenvalue weighted by Crippen LogP contribution is 2.39. The average molecular weight is 338 g/mol. The molecule has 1 aliphatic rings. The molecule has 0 fully saturated rings. The molecule has 0 radical (unpaired) electrons. The number of anilines is 2. The van der Waals surface area contributed by atoms with Crippen molar-refractivity contribution in [2.24, 2.45) is 0 Å². The van der Waals surface area contributed by atoms with E-state index < -0.39 is 5.72 Å². The molecule has 0 aliphatic carbocycles. The van der Waals surface area contributed by atoms with Crippen LogP contribution in [-0.4, -0.2) is 23.9 Å². The fourth-order valence-electron chi connectivity index (χ4n) is 3.15. The molecule has 0 amide bonds. The van der Waals surface area contributed by atoms with E-state index in [0.29, 0.717) is 29.8 Å². The minimum Gasteiger partial charge on any atom is -0.347 e. The van der Waals surface area contributed by atoms with Gasteiger partial charge in [-0.15, -0.1) is 0 Å². The van der Waals surface area contributed by atoms with Gasteiger partial charge in [0.2, 0.25) is 11.5 Å². The smallest absolute Gasteiger partial charge is 0.220 e. The van der Waals surface area contributed by atoms with E-state index in [2.05, 4.69) is 5.43 Å². The molecule has 2 aromatic carbocycles. The standard InChI is InChI=1S/C20H22N2O3/c1-4-18(23)14-10-6-8-12-16(14)21-22-17-13-9-7-11-15(17)19(24)20(22,3)25-5-2/h6-13,21H,4-5H2,1-3H3/t20-/m1/s1. The van der Waals surface area contributed by atoms with Crippen LogP contribution in [0.25, 0.3) is 0 Å². The van der Waals surface area contributed by atoms with E-state index in [1.54, 1.807) is 24.1 Å².